The number of aromatic nitrogens is 1. The van der Waals surface area contributed by atoms with E-state index in [4.69, 9.17) is 4.74 Å². The molecule has 1 unspecified atom stereocenters. The Bertz CT molecular complexity index is 627. The van der Waals surface area contributed by atoms with Crippen LogP contribution in [0.4, 0.5) is 0 Å². The van der Waals surface area contributed by atoms with Gasteiger partial charge < -0.3 is 4.74 Å². The smallest absolute Gasteiger partial charge is 0.174 e. The molecule has 0 bridgehead atoms. The Morgan fingerprint density at radius 2 is 2.36 bits per heavy atom. The summed E-state index contributed by atoms with van der Waals surface area (Å²) < 4.78 is 5.59. The molecule has 0 radical (unpaired) electrons. The molecule has 116 valence electrons. The van der Waals surface area contributed by atoms with Gasteiger partial charge >= 0.3 is 0 Å². The largest absolute Gasteiger partial charge is 0.378 e. The van der Waals surface area contributed by atoms with Crippen LogP contribution in [0.5, 0.6) is 0 Å². The molecule has 2 aromatic rings. The third-order valence-electron chi connectivity index (χ3n) is 4.04. The summed E-state index contributed by atoms with van der Waals surface area (Å²) in [7, 11) is 0. The zero-order valence-corrected chi connectivity index (χ0v) is 13.5. The molecule has 1 atom stereocenters. The van der Waals surface area contributed by atoms with Crippen LogP contribution in [0.1, 0.15) is 27.3 Å². The number of carbonyl (C=O) groups is 1. The fourth-order valence-corrected chi connectivity index (χ4v) is 3.39. The molecule has 0 N–H and O–H groups in total. The molecule has 4 nitrogen and oxygen atoms in total. The highest BCUT2D eigenvalue weighted by Gasteiger charge is 2.26. The van der Waals surface area contributed by atoms with E-state index in [1.54, 1.807) is 0 Å². The molecule has 1 aliphatic rings. The number of thiophene rings is 1. The Morgan fingerprint density at radius 3 is 3.14 bits per heavy atom. The number of nitrogens with zero attached hydrogens (tertiary/aromatic N) is 2. The molecular weight excluding hydrogens is 296 g/mol. The Hall–Kier alpha value is -1.56. The molecular formula is C17H20N2O2S. The van der Waals surface area contributed by atoms with Crippen LogP contribution in [0, 0.1) is 6.92 Å². The lowest BCUT2D eigenvalue weighted by molar-refractivity contribution is -0.0131. The molecule has 0 aromatic carbocycles. The highest BCUT2D eigenvalue weighted by Crippen LogP contribution is 2.19. The van der Waals surface area contributed by atoms with Gasteiger partial charge in [0.05, 0.1) is 23.8 Å². The topological polar surface area (TPSA) is 42.4 Å². The molecule has 3 rings (SSSR count). The maximum absolute atomic E-state index is 12.4. The molecule has 0 saturated carbocycles. The Morgan fingerprint density at radius 1 is 1.45 bits per heavy atom. The minimum atomic E-state index is 0.129. The number of aryl methyl sites for hydroxylation is 1. The predicted molar refractivity (Wildman–Crippen MR) is 87.3 cm³/mol. The average Bonchev–Trinajstić information content (AvgIpc) is 3.06. The van der Waals surface area contributed by atoms with Crippen molar-refractivity contribution in [1.29, 1.82) is 0 Å². The zero-order valence-electron chi connectivity index (χ0n) is 12.7. The lowest BCUT2D eigenvalue weighted by Crippen LogP contribution is -2.46. The summed E-state index contributed by atoms with van der Waals surface area (Å²) in [6, 6.07) is 7.98. The van der Waals surface area contributed by atoms with E-state index in [9.17, 15) is 4.79 Å². The third-order valence-corrected chi connectivity index (χ3v) is 4.95. The van der Waals surface area contributed by atoms with E-state index < -0.39 is 0 Å². The normalized spacial score (nSPS) is 19.2. The van der Waals surface area contributed by atoms with Crippen molar-refractivity contribution >= 4 is 17.1 Å². The van der Waals surface area contributed by atoms with Crippen molar-refractivity contribution < 1.29 is 9.53 Å². The standard InChI is InChI=1S/C17H20N2O2S/c1-13-4-2-6-18-15(13)11-19-7-8-21-12-14(19)10-16(20)17-5-3-9-22-17/h2-6,9,14H,7-8,10-12H2,1H3. The van der Waals surface area contributed by atoms with Crippen molar-refractivity contribution in [2.45, 2.75) is 25.9 Å². The van der Waals surface area contributed by atoms with E-state index in [2.05, 4.69) is 22.9 Å². The Balaban J connectivity index is 1.69. The molecule has 1 saturated heterocycles. The molecule has 0 aliphatic carbocycles. The molecule has 0 spiro atoms. The number of rotatable bonds is 5. The van der Waals surface area contributed by atoms with Gasteiger partial charge in [-0.15, -0.1) is 11.3 Å². The van der Waals surface area contributed by atoms with Crippen LogP contribution in [0.2, 0.25) is 0 Å². The van der Waals surface area contributed by atoms with Crippen molar-refractivity contribution in [2.24, 2.45) is 0 Å². The second kappa shape index (κ2) is 7.13. The second-order valence-corrected chi connectivity index (χ2v) is 6.52. The van der Waals surface area contributed by atoms with Crippen LogP contribution in [0.3, 0.4) is 0 Å². The maximum Gasteiger partial charge on any atom is 0.174 e. The van der Waals surface area contributed by atoms with E-state index >= 15 is 0 Å². The average molecular weight is 316 g/mol. The number of hydrogen-bond acceptors (Lipinski definition) is 5. The van der Waals surface area contributed by atoms with E-state index in [0.717, 1.165) is 30.3 Å². The van der Waals surface area contributed by atoms with Gasteiger partial charge in [-0.1, -0.05) is 12.1 Å². The Kier molecular flexibility index (Phi) is 4.97. The minimum absolute atomic E-state index is 0.129. The van der Waals surface area contributed by atoms with Crippen molar-refractivity contribution in [2.75, 3.05) is 19.8 Å². The third kappa shape index (κ3) is 3.61. The molecule has 2 aromatic heterocycles. The van der Waals surface area contributed by atoms with Gasteiger partial charge in [-0.05, 0) is 30.0 Å². The van der Waals surface area contributed by atoms with E-state index in [0.29, 0.717) is 13.0 Å². The van der Waals surface area contributed by atoms with Crippen LogP contribution in [0.15, 0.2) is 35.8 Å². The van der Waals surface area contributed by atoms with E-state index in [-0.39, 0.29) is 11.8 Å². The first kappa shape index (κ1) is 15.3. The first-order valence-corrected chi connectivity index (χ1v) is 8.41. The van der Waals surface area contributed by atoms with Gasteiger partial charge in [0.1, 0.15) is 0 Å². The summed E-state index contributed by atoms with van der Waals surface area (Å²) in [5.74, 6) is 0.202. The quantitative estimate of drug-likeness (QED) is 0.796. The van der Waals surface area contributed by atoms with Gasteiger partial charge in [-0.25, -0.2) is 0 Å². The Labute approximate surface area is 134 Å². The monoisotopic (exact) mass is 316 g/mol. The number of ketones is 1. The van der Waals surface area contributed by atoms with E-state index in [1.807, 2.05) is 29.8 Å². The number of hydrogen-bond donors (Lipinski definition) is 0. The second-order valence-electron chi connectivity index (χ2n) is 5.57. The van der Waals surface area contributed by atoms with Crippen LogP contribution in [0.25, 0.3) is 0 Å². The van der Waals surface area contributed by atoms with Crippen molar-refractivity contribution in [3.63, 3.8) is 0 Å². The molecule has 22 heavy (non-hydrogen) atoms. The summed E-state index contributed by atoms with van der Waals surface area (Å²) in [6.07, 6.45) is 2.33. The van der Waals surface area contributed by atoms with Crippen LogP contribution >= 0.6 is 11.3 Å². The minimum Gasteiger partial charge on any atom is -0.378 e. The van der Waals surface area contributed by atoms with Gasteiger partial charge in [-0.3, -0.25) is 14.7 Å². The predicted octanol–water partition coefficient (Wildman–Crippen LogP) is 2.93. The lowest BCUT2D eigenvalue weighted by atomic mass is 10.1. The number of carbonyl (C=O) groups excluding carboxylic acids is 1. The molecule has 5 heteroatoms. The van der Waals surface area contributed by atoms with Crippen molar-refractivity contribution in [3.05, 3.63) is 52.0 Å². The first-order chi connectivity index (χ1) is 10.7. The van der Waals surface area contributed by atoms with Gasteiger partial charge in [0.15, 0.2) is 5.78 Å². The van der Waals surface area contributed by atoms with Crippen molar-refractivity contribution in [3.8, 4) is 0 Å². The maximum atomic E-state index is 12.4. The fraction of sp³-hybridized carbons (Fsp3) is 0.412. The van der Waals surface area contributed by atoms with Gasteiger partial charge in [0, 0.05) is 31.7 Å². The first-order valence-electron chi connectivity index (χ1n) is 7.53. The lowest BCUT2D eigenvalue weighted by Gasteiger charge is -2.35. The number of Topliss-reactive ketones (excluding diaryl/α,β-unsaturated/α-hetero) is 1. The summed E-state index contributed by atoms with van der Waals surface area (Å²) >= 11 is 1.51. The van der Waals surface area contributed by atoms with Crippen LogP contribution in [-0.2, 0) is 11.3 Å². The highest BCUT2D eigenvalue weighted by molar-refractivity contribution is 7.12. The number of morpholine rings is 1. The fourth-order valence-electron chi connectivity index (χ4n) is 2.71. The summed E-state index contributed by atoms with van der Waals surface area (Å²) in [6.45, 7) is 5.03. The highest BCUT2D eigenvalue weighted by atomic mass is 32.1. The number of ether oxygens (including phenoxy) is 1. The molecule has 3 heterocycles. The molecule has 1 aliphatic heterocycles. The zero-order chi connectivity index (χ0) is 15.4. The number of pyridine rings is 1. The van der Waals surface area contributed by atoms with Crippen LogP contribution in [-0.4, -0.2) is 41.5 Å². The molecule has 1 fully saturated rings. The summed E-state index contributed by atoms with van der Waals surface area (Å²) in [4.78, 5) is 20.0. The molecule has 0 amide bonds. The van der Waals surface area contributed by atoms with Crippen LogP contribution < -0.4 is 0 Å². The van der Waals surface area contributed by atoms with Gasteiger partial charge in [0.25, 0.3) is 0 Å². The summed E-state index contributed by atoms with van der Waals surface area (Å²) in [5.41, 5.74) is 2.27. The summed E-state index contributed by atoms with van der Waals surface area (Å²) in [5, 5.41) is 1.94. The van der Waals surface area contributed by atoms with Crippen molar-refractivity contribution in [1.82, 2.24) is 9.88 Å². The van der Waals surface area contributed by atoms with Gasteiger partial charge in [-0.2, -0.15) is 0 Å². The SMILES string of the molecule is Cc1cccnc1CN1CCOCC1CC(=O)c1cccs1. The van der Waals surface area contributed by atoms with E-state index in [1.165, 1.54) is 16.9 Å². The van der Waals surface area contributed by atoms with Gasteiger partial charge in [0.2, 0.25) is 0 Å².